The molecule has 5 heteroatoms. The summed E-state index contributed by atoms with van der Waals surface area (Å²) in [5.41, 5.74) is 10.5. The van der Waals surface area contributed by atoms with Crippen LogP contribution in [0.2, 0.25) is 0 Å². The van der Waals surface area contributed by atoms with E-state index in [4.69, 9.17) is 5.53 Å². The van der Waals surface area contributed by atoms with Gasteiger partial charge in [0.05, 0.1) is 11.8 Å². The van der Waals surface area contributed by atoms with Crippen molar-refractivity contribution in [3.63, 3.8) is 0 Å². The van der Waals surface area contributed by atoms with Crippen LogP contribution in [0.25, 0.3) is 10.4 Å². The second-order valence-corrected chi connectivity index (χ2v) is 12.9. The van der Waals surface area contributed by atoms with Gasteiger partial charge in [-0.05, 0) is 109 Å². The molecule has 0 aliphatic heterocycles. The van der Waals surface area contributed by atoms with Crippen LogP contribution in [0.5, 0.6) is 0 Å². The molecule has 0 unspecified atom stereocenters. The van der Waals surface area contributed by atoms with Crippen LogP contribution >= 0.6 is 0 Å². The van der Waals surface area contributed by atoms with E-state index in [1.54, 1.807) is 0 Å². The van der Waals surface area contributed by atoms with Crippen LogP contribution in [0.1, 0.15) is 105 Å². The van der Waals surface area contributed by atoms with E-state index in [2.05, 4.69) is 49.8 Å². The van der Waals surface area contributed by atoms with E-state index in [0.717, 1.165) is 48.3 Å². The number of azide groups is 1. The van der Waals surface area contributed by atoms with Crippen molar-refractivity contribution < 1.29 is 5.21 Å². The van der Waals surface area contributed by atoms with E-state index >= 15 is 0 Å². The fourth-order valence-corrected chi connectivity index (χ4v) is 9.41. The molecule has 5 nitrogen and oxygen atoms in total. The fraction of sp³-hybridized carbons (Fsp3) is 0.963. The van der Waals surface area contributed by atoms with Gasteiger partial charge in [0.25, 0.3) is 0 Å². The molecule has 4 aliphatic rings. The Balaban J connectivity index is 1.51. The molecule has 0 saturated heterocycles. The Labute approximate surface area is 195 Å². The molecule has 0 aromatic carbocycles. The van der Waals surface area contributed by atoms with Gasteiger partial charge in [-0.1, -0.05) is 64.2 Å². The van der Waals surface area contributed by atoms with Crippen LogP contribution < -0.4 is 0 Å². The fourth-order valence-electron chi connectivity index (χ4n) is 9.41. The van der Waals surface area contributed by atoms with Gasteiger partial charge in [0, 0.05) is 4.91 Å². The Morgan fingerprint density at radius 1 is 1.03 bits per heavy atom. The molecule has 0 amide bonds. The maximum atomic E-state index is 9.53. The smallest absolute Gasteiger partial charge is 0.0797 e. The number of hydrogen-bond acceptors (Lipinski definition) is 3. The first-order chi connectivity index (χ1) is 15.2. The highest BCUT2D eigenvalue weighted by atomic mass is 16.4. The third-order valence-electron chi connectivity index (χ3n) is 11.1. The van der Waals surface area contributed by atoms with Crippen molar-refractivity contribution >= 4 is 5.71 Å². The molecule has 32 heavy (non-hydrogen) atoms. The monoisotopic (exact) mass is 442 g/mol. The van der Waals surface area contributed by atoms with Crippen molar-refractivity contribution in [2.75, 3.05) is 0 Å². The largest absolute Gasteiger partial charge is 0.411 e. The standard InChI is InChI=1S/C27H46N4O/c1-17(2)7-6-8-18(3)21-11-12-22-20-10-9-19-15-24(30-32)25(29-31-28)16-27(19,5)23(20)13-14-26(21,22)4/h17-23,25,32H,6-16H2,1-5H3/b30-24+/t18-,19+,20+,21-,22+,23+,25-,26-,27+/m1/s1. The summed E-state index contributed by atoms with van der Waals surface area (Å²) in [5.74, 6) is 5.54. The van der Waals surface area contributed by atoms with Crippen molar-refractivity contribution in [1.29, 1.82) is 0 Å². The van der Waals surface area contributed by atoms with Crippen LogP contribution in [0.3, 0.4) is 0 Å². The zero-order chi connectivity index (χ0) is 23.1. The molecule has 180 valence electrons. The Bertz CT molecular complexity index is 759. The second kappa shape index (κ2) is 9.20. The summed E-state index contributed by atoms with van der Waals surface area (Å²) < 4.78 is 0. The lowest BCUT2D eigenvalue weighted by atomic mass is 9.44. The van der Waals surface area contributed by atoms with Gasteiger partial charge >= 0.3 is 0 Å². The van der Waals surface area contributed by atoms with Gasteiger partial charge in [-0.15, -0.1) is 0 Å². The zero-order valence-electron chi connectivity index (χ0n) is 21.1. The number of oxime groups is 1. The Kier molecular flexibility index (Phi) is 6.88. The molecule has 0 heterocycles. The van der Waals surface area contributed by atoms with Gasteiger partial charge in [0.1, 0.15) is 0 Å². The minimum absolute atomic E-state index is 0.207. The molecule has 0 aromatic rings. The van der Waals surface area contributed by atoms with Gasteiger partial charge in [-0.3, -0.25) is 0 Å². The lowest BCUT2D eigenvalue weighted by Crippen LogP contribution is -2.55. The summed E-state index contributed by atoms with van der Waals surface area (Å²) in [4.78, 5) is 3.09. The van der Waals surface area contributed by atoms with Crippen molar-refractivity contribution in [3.05, 3.63) is 10.4 Å². The number of fused-ring (bicyclic) bond motifs is 5. The molecule has 1 N–H and O–H groups in total. The van der Waals surface area contributed by atoms with Crippen LogP contribution in [0.15, 0.2) is 10.3 Å². The maximum absolute atomic E-state index is 9.53. The molecule has 4 saturated carbocycles. The summed E-state index contributed by atoms with van der Waals surface area (Å²) in [5, 5.41) is 17.1. The predicted molar refractivity (Wildman–Crippen MR) is 131 cm³/mol. The number of rotatable bonds is 6. The Morgan fingerprint density at radius 2 is 1.78 bits per heavy atom. The number of nitrogens with zero attached hydrogens (tertiary/aromatic N) is 4. The molecule has 0 radical (unpaired) electrons. The minimum atomic E-state index is -0.268. The van der Waals surface area contributed by atoms with Gasteiger partial charge in [-0.25, -0.2) is 0 Å². The maximum Gasteiger partial charge on any atom is 0.0797 e. The predicted octanol–water partition coefficient (Wildman–Crippen LogP) is 8.23. The normalized spacial score (nSPS) is 45.6. The lowest BCUT2D eigenvalue weighted by Gasteiger charge is -2.61. The minimum Gasteiger partial charge on any atom is -0.411 e. The van der Waals surface area contributed by atoms with Crippen LogP contribution in [-0.4, -0.2) is 17.0 Å². The molecule has 4 fully saturated rings. The van der Waals surface area contributed by atoms with E-state index < -0.39 is 0 Å². The van der Waals surface area contributed by atoms with Crippen molar-refractivity contribution in [3.8, 4) is 0 Å². The second-order valence-electron chi connectivity index (χ2n) is 12.9. The Morgan fingerprint density at radius 3 is 2.47 bits per heavy atom. The quantitative estimate of drug-likeness (QED) is 0.145. The summed E-state index contributed by atoms with van der Waals surface area (Å²) >= 11 is 0. The van der Waals surface area contributed by atoms with Crippen LogP contribution in [0.4, 0.5) is 0 Å². The highest BCUT2D eigenvalue weighted by molar-refractivity contribution is 5.90. The summed E-state index contributed by atoms with van der Waals surface area (Å²) in [6.45, 7) is 12.4. The first-order valence-electron chi connectivity index (χ1n) is 13.5. The van der Waals surface area contributed by atoms with Crippen LogP contribution in [-0.2, 0) is 0 Å². The topological polar surface area (TPSA) is 81.4 Å². The highest BCUT2D eigenvalue weighted by Gasteiger charge is 2.61. The first kappa shape index (κ1) is 23.9. The molecule has 4 aliphatic carbocycles. The molecule has 4 rings (SSSR count). The SMILES string of the molecule is CC(C)CCC[C@@H](C)[C@H]1CC[C@H]2[C@@H]3CC[C@H]4C/C(=N\O)[C@H](N=[N+]=[N-])C[C@]4(C)[C@H]3CC[C@]12C. The first-order valence-corrected chi connectivity index (χ1v) is 13.5. The van der Waals surface area contributed by atoms with Crippen molar-refractivity contribution in [1.82, 2.24) is 0 Å². The molecule has 0 aromatic heterocycles. The van der Waals surface area contributed by atoms with Crippen molar-refractivity contribution in [2.24, 2.45) is 62.5 Å². The van der Waals surface area contributed by atoms with Crippen molar-refractivity contribution in [2.45, 2.75) is 111 Å². The van der Waals surface area contributed by atoms with Gasteiger partial charge in [0.2, 0.25) is 0 Å². The van der Waals surface area contributed by atoms with Gasteiger partial charge in [-0.2, -0.15) is 0 Å². The van der Waals surface area contributed by atoms with E-state index in [-0.39, 0.29) is 11.5 Å². The van der Waals surface area contributed by atoms with E-state index in [1.807, 2.05) is 0 Å². The van der Waals surface area contributed by atoms with Gasteiger partial charge < -0.3 is 5.21 Å². The molecular formula is C27H46N4O. The number of hydrogen-bond donors (Lipinski definition) is 1. The Hall–Kier alpha value is -1.22. The van der Waals surface area contributed by atoms with Crippen LogP contribution in [0, 0.1) is 52.3 Å². The average molecular weight is 443 g/mol. The van der Waals surface area contributed by atoms with E-state index in [9.17, 15) is 5.21 Å². The van der Waals surface area contributed by atoms with Gasteiger partial charge in [0.15, 0.2) is 0 Å². The molecular weight excluding hydrogens is 396 g/mol. The zero-order valence-corrected chi connectivity index (χ0v) is 21.1. The van der Waals surface area contributed by atoms with E-state index in [0.29, 0.717) is 17.0 Å². The lowest BCUT2D eigenvalue weighted by molar-refractivity contribution is -0.106. The summed E-state index contributed by atoms with van der Waals surface area (Å²) in [7, 11) is 0. The third-order valence-corrected chi connectivity index (χ3v) is 11.1. The molecule has 9 atom stereocenters. The average Bonchev–Trinajstić information content (AvgIpc) is 3.10. The molecule has 0 spiro atoms. The highest BCUT2D eigenvalue weighted by Crippen LogP contribution is 2.68. The van der Waals surface area contributed by atoms with E-state index in [1.165, 1.54) is 57.8 Å². The molecule has 0 bridgehead atoms. The summed E-state index contributed by atoms with van der Waals surface area (Å²) in [6, 6.07) is -0.268. The third kappa shape index (κ3) is 3.97. The summed E-state index contributed by atoms with van der Waals surface area (Å²) in [6.07, 6.45) is 13.9.